The Kier molecular flexibility index (Phi) is 6.01. The van der Waals surface area contributed by atoms with Crippen LogP contribution in [0.3, 0.4) is 0 Å². The topological polar surface area (TPSA) is 81.8 Å². The van der Waals surface area contributed by atoms with Gasteiger partial charge in [-0.1, -0.05) is 20.8 Å². The molecule has 0 unspecified atom stereocenters. The second kappa shape index (κ2) is 6.93. The molecule has 0 spiro atoms. The van der Waals surface area contributed by atoms with E-state index < -0.39 is 10.2 Å². The van der Waals surface area contributed by atoms with Crippen LogP contribution in [0.4, 0.5) is 4.79 Å². The van der Waals surface area contributed by atoms with Gasteiger partial charge in [-0.3, -0.25) is 0 Å². The summed E-state index contributed by atoms with van der Waals surface area (Å²) in [6.07, 6.45) is 1.27. The molecule has 0 radical (unpaired) electrons. The Hall–Kier alpha value is -0.860. The van der Waals surface area contributed by atoms with Gasteiger partial charge in [-0.25, -0.2) is 4.79 Å². The summed E-state index contributed by atoms with van der Waals surface area (Å²) in [5.74, 6) is 0. The first-order valence-corrected chi connectivity index (χ1v) is 8.68. The summed E-state index contributed by atoms with van der Waals surface area (Å²) in [7, 11) is -0.406. The van der Waals surface area contributed by atoms with Crippen molar-refractivity contribution in [3.8, 4) is 0 Å². The number of nitrogens with zero attached hydrogens (tertiary/aromatic N) is 2. The Labute approximate surface area is 128 Å². The Bertz CT molecular complexity index is 449. The highest BCUT2D eigenvalue weighted by molar-refractivity contribution is 7.87. The Morgan fingerprint density at radius 3 is 2.19 bits per heavy atom. The summed E-state index contributed by atoms with van der Waals surface area (Å²) < 4.78 is 27.3. The van der Waals surface area contributed by atoms with E-state index in [4.69, 9.17) is 0 Å². The van der Waals surface area contributed by atoms with Crippen molar-refractivity contribution in [3.05, 3.63) is 0 Å². The highest BCUT2D eigenvalue weighted by Crippen LogP contribution is 2.14. The fourth-order valence-corrected chi connectivity index (χ4v) is 2.84. The summed E-state index contributed by atoms with van der Waals surface area (Å²) in [5.41, 5.74) is 0.0509. The van der Waals surface area contributed by atoms with E-state index in [9.17, 15) is 13.2 Å². The monoisotopic (exact) mass is 320 g/mol. The van der Waals surface area contributed by atoms with Gasteiger partial charge in [-0.15, -0.1) is 0 Å². The number of likely N-dealkylation sites (tertiary alicyclic amines) is 1. The van der Waals surface area contributed by atoms with Crippen molar-refractivity contribution < 1.29 is 13.2 Å². The minimum atomic E-state index is -3.40. The van der Waals surface area contributed by atoms with Gasteiger partial charge >= 0.3 is 6.03 Å². The SMILES string of the molecule is CN(C)S(=O)(=O)NC1CCN(C(=O)NCC(C)(C)C)CC1. The zero-order valence-electron chi connectivity index (χ0n) is 13.6. The minimum Gasteiger partial charge on any atom is -0.337 e. The summed E-state index contributed by atoms with van der Waals surface area (Å²) >= 11 is 0. The van der Waals surface area contributed by atoms with Gasteiger partial charge in [-0.05, 0) is 18.3 Å². The number of carbonyl (C=O) groups excluding carboxylic acids is 1. The molecule has 1 rings (SSSR count). The molecule has 8 heteroatoms. The number of urea groups is 1. The van der Waals surface area contributed by atoms with Crippen molar-refractivity contribution in [2.75, 3.05) is 33.7 Å². The maximum Gasteiger partial charge on any atom is 0.317 e. The zero-order chi connectivity index (χ0) is 16.3. The first-order valence-electron chi connectivity index (χ1n) is 7.24. The Morgan fingerprint density at radius 2 is 1.76 bits per heavy atom. The van der Waals surface area contributed by atoms with Crippen LogP contribution < -0.4 is 10.0 Å². The van der Waals surface area contributed by atoms with Gasteiger partial charge < -0.3 is 10.2 Å². The van der Waals surface area contributed by atoms with Gasteiger partial charge in [0, 0.05) is 39.8 Å². The molecule has 1 fully saturated rings. The van der Waals surface area contributed by atoms with Crippen molar-refractivity contribution >= 4 is 16.2 Å². The van der Waals surface area contributed by atoms with E-state index in [0.717, 1.165) is 4.31 Å². The molecule has 0 aromatic heterocycles. The van der Waals surface area contributed by atoms with Gasteiger partial charge in [0.25, 0.3) is 10.2 Å². The number of hydrogen-bond donors (Lipinski definition) is 2. The highest BCUT2D eigenvalue weighted by Gasteiger charge is 2.27. The normalized spacial score (nSPS) is 18.1. The average Bonchev–Trinajstić information content (AvgIpc) is 2.35. The quantitative estimate of drug-likeness (QED) is 0.796. The van der Waals surface area contributed by atoms with Gasteiger partial charge in [0.15, 0.2) is 0 Å². The van der Waals surface area contributed by atoms with Gasteiger partial charge in [0.1, 0.15) is 0 Å². The number of amides is 2. The van der Waals surface area contributed by atoms with Crippen molar-refractivity contribution in [2.24, 2.45) is 5.41 Å². The van der Waals surface area contributed by atoms with E-state index in [-0.39, 0.29) is 17.5 Å². The number of piperidine rings is 1. The largest absolute Gasteiger partial charge is 0.337 e. The Balaban J connectivity index is 2.40. The first kappa shape index (κ1) is 18.2. The Morgan fingerprint density at radius 1 is 1.24 bits per heavy atom. The summed E-state index contributed by atoms with van der Waals surface area (Å²) in [6.45, 7) is 7.95. The molecule has 7 nitrogen and oxygen atoms in total. The van der Waals surface area contributed by atoms with Crippen LogP contribution >= 0.6 is 0 Å². The minimum absolute atomic E-state index is 0.0509. The van der Waals surface area contributed by atoms with Crippen LogP contribution in [0.25, 0.3) is 0 Å². The predicted octanol–water partition coefficient (Wildman–Crippen LogP) is 0.603. The molecular formula is C13H28N4O3S. The van der Waals surface area contributed by atoms with Crippen LogP contribution in [0, 0.1) is 5.41 Å². The van der Waals surface area contributed by atoms with E-state index in [0.29, 0.717) is 32.5 Å². The van der Waals surface area contributed by atoms with Gasteiger partial charge in [-0.2, -0.15) is 17.4 Å². The molecule has 0 aliphatic carbocycles. The van der Waals surface area contributed by atoms with Crippen molar-refractivity contribution in [1.29, 1.82) is 0 Å². The van der Waals surface area contributed by atoms with E-state index in [1.54, 1.807) is 4.90 Å². The fourth-order valence-electron chi connectivity index (χ4n) is 1.97. The van der Waals surface area contributed by atoms with E-state index in [1.165, 1.54) is 14.1 Å². The lowest BCUT2D eigenvalue weighted by molar-refractivity contribution is 0.175. The number of nitrogens with one attached hydrogen (secondary N) is 2. The molecule has 1 aliphatic heterocycles. The fraction of sp³-hybridized carbons (Fsp3) is 0.923. The zero-order valence-corrected chi connectivity index (χ0v) is 14.5. The van der Waals surface area contributed by atoms with Crippen LogP contribution in [0.1, 0.15) is 33.6 Å². The second-order valence-electron chi connectivity index (χ2n) is 6.89. The van der Waals surface area contributed by atoms with Crippen LogP contribution in [-0.2, 0) is 10.2 Å². The molecule has 1 aliphatic rings. The predicted molar refractivity (Wildman–Crippen MR) is 83.2 cm³/mol. The smallest absolute Gasteiger partial charge is 0.317 e. The van der Waals surface area contributed by atoms with Crippen LogP contribution in [-0.4, -0.2) is 63.4 Å². The molecule has 21 heavy (non-hydrogen) atoms. The highest BCUT2D eigenvalue weighted by atomic mass is 32.2. The van der Waals surface area contributed by atoms with Crippen molar-refractivity contribution in [1.82, 2.24) is 19.2 Å². The maximum absolute atomic E-state index is 12.0. The van der Waals surface area contributed by atoms with Crippen molar-refractivity contribution in [2.45, 2.75) is 39.7 Å². The second-order valence-corrected chi connectivity index (χ2v) is 8.80. The third-order valence-corrected chi connectivity index (χ3v) is 4.94. The number of rotatable bonds is 4. The number of hydrogen-bond acceptors (Lipinski definition) is 3. The molecule has 124 valence electrons. The summed E-state index contributed by atoms with van der Waals surface area (Å²) in [6, 6.07) is -0.178. The molecule has 0 atom stereocenters. The van der Waals surface area contributed by atoms with E-state index >= 15 is 0 Å². The maximum atomic E-state index is 12.0. The van der Waals surface area contributed by atoms with Crippen LogP contribution in [0.2, 0.25) is 0 Å². The summed E-state index contributed by atoms with van der Waals surface area (Å²) in [4.78, 5) is 13.8. The van der Waals surface area contributed by atoms with E-state index in [1.807, 2.05) is 0 Å². The van der Waals surface area contributed by atoms with Crippen LogP contribution in [0.5, 0.6) is 0 Å². The number of carbonyl (C=O) groups is 1. The molecule has 1 heterocycles. The molecule has 0 bridgehead atoms. The molecule has 0 saturated carbocycles. The van der Waals surface area contributed by atoms with Crippen molar-refractivity contribution in [3.63, 3.8) is 0 Å². The summed E-state index contributed by atoms with van der Waals surface area (Å²) in [5, 5.41) is 2.91. The first-order chi connectivity index (χ1) is 9.51. The molecule has 0 aromatic carbocycles. The molecule has 1 saturated heterocycles. The average molecular weight is 320 g/mol. The van der Waals surface area contributed by atoms with Gasteiger partial charge in [0.05, 0.1) is 0 Å². The molecule has 2 amide bonds. The van der Waals surface area contributed by atoms with Gasteiger partial charge in [0.2, 0.25) is 0 Å². The third-order valence-electron chi connectivity index (χ3n) is 3.35. The standard InChI is InChI=1S/C13H28N4O3S/c1-13(2,3)10-14-12(18)17-8-6-11(7-9-17)15-21(19,20)16(4)5/h11,15H,6-10H2,1-5H3,(H,14,18). The lowest BCUT2D eigenvalue weighted by Gasteiger charge is -2.33. The van der Waals surface area contributed by atoms with Crippen LogP contribution in [0.15, 0.2) is 0 Å². The third kappa shape index (κ3) is 6.19. The lowest BCUT2D eigenvalue weighted by Crippen LogP contribution is -2.51. The lowest BCUT2D eigenvalue weighted by atomic mass is 9.97. The molecule has 2 N–H and O–H groups in total. The van der Waals surface area contributed by atoms with E-state index in [2.05, 4.69) is 30.8 Å². The molecular weight excluding hydrogens is 292 g/mol. The molecule has 0 aromatic rings.